The van der Waals surface area contributed by atoms with Crippen LogP contribution in [0.2, 0.25) is 0 Å². The first-order chi connectivity index (χ1) is 9.65. The Hall–Kier alpha value is -0.870. The minimum absolute atomic E-state index is 0.689. The maximum absolute atomic E-state index is 4.43. The van der Waals surface area contributed by atoms with Gasteiger partial charge in [0.15, 0.2) is 0 Å². The van der Waals surface area contributed by atoms with Crippen molar-refractivity contribution in [2.45, 2.75) is 51.7 Å². The second kappa shape index (κ2) is 5.86. The van der Waals surface area contributed by atoms with E-state index in [0.717, 1.165) is 24.2 Å². The number of aryl methyl sites for hydroxylation is 1. The smallest absolute Gasteiger partial charge is 0.122 e. The number of hydrogen-bond donors (Lipinski definition) is 1. The highest BCUT2D eigenvalue weighted by Gasteiger charge is 2.39. The molecule has 2 aliphatic rings. The predicted molar refractivity (Wildman–Crippen MR) is 81.4 cm³/mol. The zero-order valence-corrected chi connectivity index (χ0v) is 13.0. The summed E-state index contributed by atoms with van der Waals surface area (Å²) >= 11 is 0. The van der Waals surface area contributed by atoms with Crippen molar-refractivity contribution in [1.82, 2.24) is 19.8 Å². The Morgan fingerprint density at radius 1 is 1.30 bits per heavy atom. The van der Waals surface area contributed by atoms with Crippen molar-refractivity contribution in [2.75, 3.05) is 13.1 Å². The van der Waals surface area contributed by atoms with Crippen LogP contribution in [-0.4, -0.2) is 39.6 Å². The van der Waals surface area contributed by atoms with Crippen molar-refractivity contribution in [2.24, 2.45) is 18.9 Å². The summed E-state index contributed by atoms with van der Waals surface area (Å²) in [6.45, 7) is 8.11. The van der Waals surface area contributed by atoms with Gasteiger partial charge in [0.2, 0.25) is 0 Å². The third kappa shape index (κ3) is 2.77. The fourth-order valence-electron chi connectivity index (χ4n) is 4.00. The van der Waals surface area contributed by atoms with Gasteiger partial charge in [-0.2, -0.15) is 0 Å². The Balaban J connectivity index is 1.63. The average molecular weight is 276 g/mol. The van der Waals surface area contributed by atoms with Crippen LogP contribution in [0.4, 0.5) is 0 Å². The fourth-order valence-corrected chi connectivity index (χ4v) is 4.00. The van der Waals surface area contributed by atoms with Gasteiger partial charge in [0.1, 0.15) is 5.82 Å². The zero-order chi connectivity index (χ0) is 14.1. The molecule has 4 heteroatoms. The molecule has 2 fully saturated rings. The van der Waals surface area contributed by atoms with E-state index in [0.29, 0.717) is 12.1 Å². The van der Waals surface area contributed by atoms with Crippen LogP contribution < -0.4 is 5.32 Å². The lowest BCUT2D eigenvalue weighted by Gasteiger charge is -2.49. The SMILES string of the molecule is CC(C)N1CC2CCCC(C1)C2NCc1nccn1C. The first-order valence-electron chi connectivity index (χ1n) is 8.08. The number of likely N-dealkylation sites (tertiary alicyclic amines) is 1. The minimum atomic E-state index is 0.689. The van der Waals surface area contributed by atoms with Gasteiger partial charge in [0, 0.05) is 44.6 Å². The molecule has 0 amide bonds. The number of piperidine rings is 1. The van der Waals surface area contributed by atoms with E-state index < -0.39 is 0 Å². The second-order valence-corrected chi connectivity index (χ2v) is 6.86. The highest BCUT2D eigenvalue weighted by Crippen LogP contribution is 2.35. The highest BCUT2D eigenvalue weighted by atomic mass is 15.2. The summed E-state index contributed by atoms with van der Waals surface area (Å²) in [5, 5.41) is 3.82. The molecule has 1 saturated carbocycles. The van der Waals surface area contributed by atoms with E-state index in [1.165, 1.54) is 32.4 Å². The van der Waals surface area contributed by atoms with Crippen molar-refractivity contribution in [3.05, 3.63) is 18.2 Å². The maximum atomic E-state index is 4.43. The number of fused-ring (bicyclic) bond motifs is 2. The van der Waals surface area contributed by atoms with Gasteiger partial charge < -0.3 is 14.8 Å². The Morgan fingerprint density at radius 3 is 2.55 bits per heavy atom. The third-order valence-corrected chi connectivity index (χ3v) is 5.25. The Morgan fingerprint density at radius 2 is 2.00 bits per heavy atom. The molecule has 1 aliphatic carbocycles. The van der Waals surface area contributed by atoms with Crippen LogP contribution >= 0.6 is 0 Å². The molecule has 112 valence electrons. The summed E-state index contributed by atoms with van der Waals surface area (Å²) in [6, 6.07) is 1.38. The molecular weight excluding hydrogens is 248 g/mol. The summed E-state index contributed by atoms with van der Waals surface area (Å²) < 4.78 is 2.12. The van der Waals surface area contributed by atoms with Gasteiger partial charge in [-0.05, 0) is 38.5 Å². The van der Waals surface area contributed by atoms with Crippen LogP contribution in [0.3, 0.4) is 0 Å². The molecule has 2 unspecified atom stereocenters. The molecule has 3 rings (SSSR count). The van der Waals surface area contributed by atoms with E-state index in [2.05, 4.69) is 40.7 Å². The van der Waals surface area contributed by atoms with Crippen molar-refractivity contribution >= 4 is 0 Å². The normalized spacial score (nSPS) is 30.9. The molecule has 20 heavy (non-hydrogen) atoms. The van der Waals surface area contributed by atoms with Crippen LogP contribution in [0, 0.1) is 11.8 Å². The molecular formula is C16H28N4. The quantitative estimate of drug-likeness (QED) is 0.913. The van der Waals surface area contributed by atoms with Gasteiger partial charge >= 0.3 is 0 Å². The molecule has 4 nitrogen and oxygen atoms in total. The summed E-state index contributed by atoms with van der Waals surface area (Å²) in [4.78, 5) is 7.10. The molecule has 1 aromatic rings. The second-order valence-electron chi connectivity index (χ2n) is 6.86. The van der Waals surface area contributed by atoms with Gasteiger partial charge in [0.05, 0.1) is 6.54 Å². The van der Waals surface area contributed by atoms with Gasteiger partial charge in [-0.15, -0.1) is 0 Å². The van der Waals surface area contributed by atoms with E-state index in [1.807, 2.05) is 12.4 Å². The minimum Gasteiger partial charge on any atom is -0.337 e. The molecule has 0 aromatic carbocycles. The third-order valence-electron chi connectivity index (χ3n) is 5.25. The van der Waals surface area contributed by atoms with E-state index in [4.69, 9.17) is 0 Å². The number of rotatable bonds is 4. The van der Waals surface area contributed by atoms with E-state index in [1.54, 1.807) is 0 Å². The predicted octanol–water partition coefficient (Wildman–Crippen LogP) is 2.02. The molecule has 1 aliphatic heterocycles. The van der Waals surface area contributed by atoms with Crippen LogP contribution in [0.1, 0.15) is 38.9 Å². The van der Waals surface area contributed by atoms with Crippen molar-refractivity contribution in [3.8, 4) is 0 Å². The lowest BCUT2D eigenvalue weighted by molar-refractivity contribution is 0.0286. The zero-order valence-electron chi connectivity index (χ0n) is 13.0. The number of aromatic nitrogens is 2. The van der Waals surface area contributed by atoms with Gasteiger partial charge in [-0.25, -0.2) is 4.98 Å². The molecule has 2 atom stereocenters. The lowest BCUT2D eigenvalue weighted by atomic mass is 9.73. The summed E-state index contributed by atoms with van der Waals surface area (Å²) in [5.74, 6) is 2.80. The average Bonchev–Trinajstić information content (AvgIpc) is 2.80. The van der Waals surface area contributed by atoms with Gasteiger partial charge in [-0.3, -0.25) is 0 Å². The Labute approximate surface area is 122 Å². The topological polar surface area (TPSA) is 33.1 Å². The highest BCUT2D eigenvalue weighted by molar-refractivity contribution is 4.98. The Kier molecular flexibility index (Phi) is 4.13. The van der Waals surface area contributed by atoms with E-state index in [-0.39, 0.29) is 0 Å². The maximum Gasteiger partial charge on any atom is 0.122 e. The molecule has 1 saturated heterocycles. The van der Waals surface area contributed by atoms with E-state index in [9.17, 15) is 0 Å². The lowest BCUT2D eigenvalue weighted by Crippen LogP contribution is -2.58. The number of nitrogens with zero attached hydrogens (tertiary/aromatic N) is 3. The van der Waals surface area contributed by atoms with Crippen LogP contribution in [0.5, 0.6) is 0 Å². The molecule has 2 heterocycles. The van der Waals surface area contributed by atoms with Gasteiger partial charge in [0.25, 0.3) is 0 Å². The van der Waals surface area contributed by atoms with Crippen LogP contribution in [0.15, 0.2) is 12.4 Å². The molecule has 0 radical (unpaired) electrons. The monoisotopic (exact) mass is 276 g/mol. The number of nitrogens with one attached hydrogen (secondary N) is 1. The molecule has 1 aromatic heterocycles. The standard InChI is InChI=1S/C16H28N4/c1-12(2)20-10-13-5-4-6-14(11-20)16(13)18-9-15-17-7-8-19(15)3/h7-8,12-14,16,18H,4-6,9-11H2,1-3H3. The summed E-state index contributed by atoms with van der Waals surface area (Å²) in [6.07, 6.45) is 8.11. The van der Waals surface area contributed by atoms with Crippen molar-refractivity contribution < 1.29 is 0 Å². The molecule has 0 spiro atoms. The first-order valence-corrected chi connectivity index (χ1v) is 8.08. The molecule has 1 N–H and O–H groups in total. The van der Waals surface area contributed by atoms with Crippen LogP contribution in [-0.2, 0) is 13.6 Å². The largest absolute Gasteiger partial charge is 0.337 e. The number of hydrogen-bond acceptors (Lipinski definition) is 3. The number of imidazole rings is 1. The Bertz CT molecular complexity index is 425. The first kappa shape index (κ1) is 14.1. The van der Waals surface area contributed by atoms with Gasteiger partial charge in [-0.1, -0.05) is 6.42 Å². The van der Waals surface area contributed by atoms with Crippen LogP contribution in [0.25, 0.3) is 0 Å². The summed E-state index contributed by atoms with van der Waals surface area (Å²) in [5.41, 5.74) is 0. The van der Waals surface area contributed by atoms with Crippen molar-refractivity contribution in [3.63, 3.8) is 0 Å². The fraction of sp³-hybridized carbons (Fsp3) is 0.812. The summed E-state index contributed by atoms with van der Waals surface area (Å²) in [7, 11) is 2.08. The van der Waals surface area contributed by atoms with Crippen molar-refractivity contribution in [1.29, 1.82) is 0 Å². The molecule has 2 bridgehead atoms. The van der Waals surface area contributed by atoms with E-state index >= 15 is 0 Å².